The van der Waals surface area contributed by atoms with Crippen LogP contribution >= 0.6 is 34.5 Å². The molecule has 2 heterocycles. The molecule has 2 aliphatic rings. The molecule has 1 saturated carbocycles. The summed E-state index contributed by atoms with van der Waals surface area (Å²) in [5.41, 5.74) is 1.76. The molecule has 0 radical (unpaired) electrons. The first kappa shape index (κ1) is 30.9. The van der Waals surface area contributed by atoms with Crippen LogP contribution in [0.1, 0.15) is 67.2 Å². The molecule has 12 heteroatoms. The van der Waals surface area contributed by atoms with E-state index in [9.17, 15) is 19.0 Å². The predicted molar refractivity (Wildman–Crippen MR) is 160 cm³/mol. The van der Waals surface area contributed by atoms with Gasteiger partial charge in [-0.05, 0) is 50.8 Å². The van der Waals surface area contributed by atoms with Crippen LogP contribution in [0.25, 0.3) is 0 Å². The molecule has 2 atom stereocenters. The number of aliphatic hydroxyl groups is 1. The molecule has 4 rings (SSSR count). The number of anilines is 2. The highest BCUT2D eigenvalue weighted by Crippen LogP contribution is 2.50. The van der Waals surface area contributed by atoms with Crippen molar-refractivity contribution < 1.29 is 19.0 Å². The third-order valence-electron chi connectivity index (χ3n) is 7.11. The summed E-state index contributed by atoms with van der Waals surface area (Å²) in [7, 11) is -2.92. The largest absolute Gasteiger partial charge is 0.390 e. The Kier molecular flexibility index (Phi) is 12.0. The molecule has 0 bridgehead atoms. The topological polar surface area (TPSA) is 130 Å². The Morgan fingerprint density at radius 1 is 1.18 bits per heavy atom. The molecule has 38 heavy (non-hydrogen) atoms. The number of benzene rings is 1. The lowest BCUT2D eigenvalue weighted by Gasteiger charge is -2.47. The lowest BCUT2D eigenvalue weighted by molar-refractivity contribution is 0.0821. The van der Waals surface area contributed by atoms with Gasteiger partial charge >= 0.3 is 0 Å². The number of thiazole rings is 1. The van der Waals surface area contributed by atoms with E-state index in [2.05, 4.69) is 20.9 Å². The van der Waals surface area contributed by atoms with E-state index in [4.69, 9.17) is 0 Å². The molecule has 2 fully saturated rings. The van der Waals surface area contributed by atoms with Gasteiger partial charge in [-0.25, -0.2) is 4.98 Å². The van der Waals surface area contributed by atoms with Gasteiger partial charge in [0.05, 0.1) is 28.6 Å². The molecule has 1 saturated heterocycles. The van der Waals surface area contributed by atoms with Crippen molar-refractivity contribution in [2.24, 2.45) is 0 Å². The highest BCUT2D eigenvalue weighted by Gasteiger charge is 2.29. The summed E-state index contributed by atoms with van der Waals surface area (Å²) in [6, 6.07) is 5.23. The van der Waals surface area contributed by atoms with Crippen LogP contribution in [-0.4, -0.2) is 68.7 Å². The van der Waals surface area contributed by atoms with Crippen LogP contribution in [0, 0.1) is 0 Å². The number of nitrogens with zero attached hydrogens (tertiary/aromatic N) is 2. The quantitative estimate of drug-likeness (QED) is 0.219. The third kappa shape index (κ3) is 8.45. The maximum Gasteiger partial charge on any atom is 0.251 e. The van der Waals surface area contributed by atoms with Crippen LogP contribution in [0.15, 0.2) is 29.8 Å². The zero-order chi connectivity index (χ0) is 26.3. The molecule has 0 unspecified atom stereocenters. The number of rotatable bonds is 11. The zero-order valence-electron chi connectivity index (χ0n) is 22.0. The molecule has 214 valence electrons. The fraction of sp³-hybridized carbons (Fsp3) is 0.615. The molecule has 1 aromatic heterocycles. The smallest absolute Gasteiger partial charge is 0.251 e. The van der Waals surface area contributed by atoms with Crippen molar-refractivity contribution in [1.29, 1.82) is 0 Å². The van der Waals surface area contributed by atoms with E-state index in [0.717, 1.165) is 36.4 Å². The highest BCUT2D eigenvalue weighted by molar-refractivity contribution is 8.25. The average molecular weight is 588 g/mol. The first-order chi connectivity index (χ1) is 17.9. The van der Waals surface area contributed by atoms with Gasteiger partial charge in [0.15, 0.2) is 0 Å². The first-order valence-electron chi connectivity index (χ1n) is 13.4. The lowest BCUT2D eigenvalue weighted by atomic mass is 9.95. The molecule has 9 nitrogen and oxygen atoms in total. The van der Waals surface area contributed by atoms with Gasteiger partial charge in [0.1, 0.15) is 0 Å². The Morgan fingerprint density at radius 3 is 2.66 bits per heavy atom. The van der Waals surface area contributed by atoms with Crippen LogP contribution in [0.3, 0.4) is 0 Å². The van der Waals surface area contributed by atoms with E-state index in [1.165, 1.54) is 30.6 Å². The van der Waals surface area contributed by atoms with Gasteiger partial charge in [-0.1, -0.05) is 19.3 Å². The zero-order valence-corrected chi connectivity index (χ0v) is 24.4. The molecule has 1 aliphatic heterocycles. The van der Waals surface area contributed by atoms with Gasteiger partial charge in [-0.2, -0.15) is 0 Å². The third-order valence-corrected chi connectivity index (χ3v) is 9.85. The van der Waals surface area contributed by atoms with Crippen LogP contribution in [0.4, 0.5) is 11.4 Å². The van der Waals surface area contributed by atoms with Gasteiger partial charge in [0.2, 0.25) is 0 Å². The van der Waals surface area contributed by atoms with Gasteiger partial charge in [0.25, 0.3) is 5.91 Å². The number of amides is 1. The Balaban J connectivity index is 0.00000400. The molecule has 1 aromatic carbocycles. The number of nitrogens with one attached hydrogen (secondary N) is 3. The minimum atomic E-state index is -2.92. The van der Waals surface area contributed by atoms with Gasteiger partial charge in [-0.15, -0.1) is 34.5 Å². The van der Waals surface area contributed by atoms with Gasteiger partial charge < -0.3 is 21.1 Å². The Bertz CT molecular complexity index is 1010. The summed E-state index contributed by atoms with van der Waals surface area (Å²) in [6.45, 7) is 3.56. The van der Waals surface area contributed by atoms with Crippen molar-refractivity contribution in [2.45, 2.75) is 76.5 Å². The van der Waals surface area contributed by atoms with E-state index < -0.39 is 22.9 Å². The number of carbonyl (C=O) groups is 1. The van der Waals surface area contributed by atoms with Crippen molar-refractivity contribution in [2.75, 3.05) is 35.0 Å². The SMILES string of the molecule is CCNc1cc(C(=O)N[C@@H](Cc2nccs2)[C@H](O)CNC2CCCCC2)cc(N2CCCCS2(O)O)c1.Cl. The standard InChI is InChI=1S/C26H41N5O4S2.ClH/c1-2-27-21-14-19(15-22(16-21)31-11-6-7-13-37(31,34)35)26(33)30-23(17-25-28-10-12-36-25)24(32)18-29-20-8-4-3-5-9-20;/h10,12,14-16,20,23-24,27,29,32,34-35H,2-9,11,13,17-18H2,1H3,(H,30,33);1H/t23-,24+;/m0./s1. The number of hydrogen-bond acceptors (Lipinski definition) is 9. The molecular formula is C26H42ClN5O4S2. The summed E-state index contributed by atoms with van der Waals surface area (Å²) in [5.74, 6) is 0.0171. The van der Waals surface area contributed by atoms with Gasteiger partial charge in [0, 0.05) is 54.9 Å². The monoisotopic (exact) mass is 587 g/mol. The number of carbonyl (C=O) groups excluding carboxylic acids is 1. The van der Waals surface area contributed by atoms with Crippen molar-refractivity contribution >= 4 is 51.8 Å². The van der Waals surface area contributed by atoms with Crippen LogP contribution in [0.2, 0.25) is 0 Å². The summed E-state index contributed by atoms with van der Waals surface area (Å²) in [5, 5.41) is 23.7. The van der Waals surface area contributed by atoms with Crippen molar-refractivity contribution in [3.63, 3.8) is 0 Å². The number of halogens is 1. The molecular weight excluding hydrogens is 546 g/mol. The highest BCUT2D eigenvalue weighted by atomic mass is 35.5. The van der Waals surface area contributed by atoms with E-state index in [0.29, 0.717) is 49.1 Å². The fourth-order valence-electron chi connectivity index (χ4n) is 5.11. The molecule has 0 spiro atoms. The maximum atomic E-state index is 13.5. The van der Waals surface area contributed by atoms with Crippen LogP contribution in [0.5, 0.6) is 0 Å². The van der Waals surface area contributed by atoms with Gasteiger partial charge in [-0.3, -0.25) is 18.2 Å². The molecule has 2 aromatic rings. The first-order valence-corrected chi connectivity index (χ1v) is 15.9. The minimum Gasteiger partial charge on any atom is -0.390 e. The predicted octanol–water partition coefficient (Wildman–Crippen LogP) is 4.89. The molecule has 1 aliphatic carbocycles. The number of aromatic nitrogens is 1. The fourth-order valence-corrected chi connectivity index (χ4v) is 7.46. The van der Waals surface area contributed by atoms with E-state index >= 15 is 0 Å². The second-order valence-corrected chi connectivity index (χ2v) is 13.1. The van der Waals surface area contributed by atoms with Crippen molar-refractivity contribution in [1.82, 2.24) is 15.6 Å². The summed E-state index contributed by atoms with van der Waals surface area (Å²) in [4.78, 5) is 17.9. The average Bonchev–Trinajstić information content (AvgIpc) is 3.40. The second-order valence-electron chi connectivity index (χ2n) is 9.96. The minimum absolute atomic E-state index is 0. The van der Waals surface area contributed by atoms with Crippen LogP contribution < -0.4 is 20.3 Å². The Hall–Kier alpha value is -1.60. The Labute approximate surface area is 237 Å². The number of hydrogen-bond donors (Lipinski definition) is 6. The second kappa shape index (κ2) is 14.7. The van der Waals surface area contributed by atoms with Crippen molar-refractivity contribution in [3.8, 4) is 0 Å². The summed E-state index contributed by atoms with van der Waals surface area (Å²) >= 11 is 1.50. The molecule has 1 amide bonds. The lowest BCUT2D eigenvalue weighted by Crippen LogP contribution is -2.50. The number of aliphatic hydroxyl groups excluding tert-OH is 1. The van der Waals surface area contributed by atoms with E-state index in [1.54, 1.807) is 22.6 Å². The van der Waals surface area contributed by atoms with E-state index in [-0.39, 0.29) is 18.3 Å². The summed E-state index contributed by atoms with van der Waals surface area (Å²) < 4.78 is 23.0. The van der Waals surface area contributed by atoms with Crippen molar-refractivity contribution in [3.05, 3.63) is 40.3 Å². The van der Waals surface area contributed by atoms with E-state index in [1.807, 2.05) is 18.4 Å². The maximum absolute atomic E-state index is 13.5. The normalized spacial score (nSPS) is 20.2. The molecule has 6 N–H and O–H groups in total. The Morgan fingerprint density at radius 2 is 1.97 bits per heavy atom. The van der Waals surface area contributed by atoms with Crippen LogP contribution in [-0.2, 0) is 6.42 Å². The summed E-state index contributed by atoms with van der Waals surface area (Å²) in [6.07, 6.45) is 8.93.